The monoisotopic (exact) mass is 320 g/mol. The van der Waals surface area contributed by atoms with Crippen molar-refractivity contribution in [3.05, 3.63) is 22.7 Å². The second-order valence-corrected chi connectivity index (χ2v) is 4.85. The van der Waals surface area contributed by atoms with Crippen LogP contribution in [0.5, 0.6) is 11.5 Å². The Kier molecular flexibility index (Phi) is 4.80. The second kappa shape index (κ2) is 6.41. The highest BCUT2D eigenvalue weighted by molar-refractivity contribution is 6.32. The van der Waals surface area contributed by atoms with E-state index in [-0.39, 0.29) is 5.02 Å². The van der Waals surface area contributed by atoms with Crippen LogP contribution in [0.4, 0.5) is 13.2 Å². The number of alkyl halides is 3. The number of ether oxygens (including phenoxy) is 2. The lowest BCUT2D eigenvalue weighted by molar-refractivity contribution is -0.125. The first-order valence-corrected chi connectivity index (χ1v) is 6.57. The third-order valence-corrected chi connectivity index (χ3v) is 3.07. The van der Waals surface area contributed by atoms with Crippen LogP contribution < -0.4 is 14.8 Å². The molecule has 8 heteroatoms. The van der Waals surface area contributed by atoms with E-state index in [1.165, 1.54) is 12.1 Å². The number of rotatable bonds is 3. The first-order chi connectivity index (χ1) is 9.90. The molecule has 114 valence electrons. The molecule has 1 N–H and O–H groups in total. The van der Waals surface area contributed by atoms with Crippen molar-refractivity contribution in [3.63, 3.8) is 0 Å². The van der Waals surface area contributed by atoms with E-state index in [0.29, 0.717) is 36.7 Å². The number of nitrogens with zero attached hydrogens (tertiary/aromatic N) is 1. The Balaban J connectivity index is 2.24. The minimum absolute atomic E-state index is 0.207. The standard InChI is InChI=1S/C13H12ClF3N2O2/c14-9-4-8(10(6-18)19-7-13(15,16)17)5-11-12(9)21-3-1-2-20-11/h4-5,10,19H,1-3,7H2. The Bertz CT molecular complexity index is 558. The molecule has 0 saturated carbocycles. The summed E-state index contributed by atoms with van der Waals surface area (Å²) < 4.78 is 47.6. The summed E-state index contributed by atoms with van der Waals surface area (Å²) in [5.74, 6) is 0.689. The Morgan fingerprint density at radius 1 is 1.33 bits per heavy atom. The SMILES string of the molecule is N#CC(NCC(F)(F)F)c1cc(Cl)c2c(c1)OCCCO2. The molecule has 1 heterocycles. The number of halogens is 4. The zero-order chi connectivity index (χ0) is 15.5. The smallest absolute Gasteiger partial charge is 0.401 e. The van der Waals surface area contributed by atoms with Crippen LogP contribution in [0, 0.1) is 11.3 Å². The molecular weight excluding hydrogens is 309 g/mol. The maximum atomic E-state index is 12.2. The van der Waals surface area contributed by atoms with E-state index in [1.54, 1.807) is 6.07 Å². The summed E-state index contributed by atoms with van der Waals surface area (Å²) in [7, 11) is 0. The summed E-state index contributed by atoms with van der Waals surface area (Å²) in [6, 6.07) is 3.52. The van der Waals surface area contributed by atoms with E-state index in [0.717, 1.165) is 0 Å². The third-order valence-electron chi connectivity index (χ3n) is 2.79. The van der Waals surface area contributed by atoms with E-state index in [4.69, 9.17) is 26.3 Å². The molecule has 1 aliphatic rings. The first kappa shape index (κ1) is 15.7. The molecule has 4 nitrogen and oxygen atoms in total. The Morgan fingerprint density at radius 3 is 2.71 bits per heavy atom. The van der Waals surface area contributed by atoms with E-state index < -0.39 is 18.8 Å². The number of benzene rings is 1. The van der Waals surface area contributed by atoms with Crippen LogP contribution in [-0.4, -0.2) is 25.9 Å². The Hall–Kier alpha value is -1.65. The van der Waals surface area contributed by atoms with E-state index in [1.807, 2.05) is 0 Å². The molecule has 0 fully saturated rings. The predicted octanol–water partition coefficient (Wildman–Crippen LogP) is 3.22. The van der Waals surface area contributed by atoms with E-state index >= 15 is 0 Å². The van der Waals surface area contributed by atoms with Gasteiger partial charge in [0.25, 0.3) is 0 Å². The lowest BCUT2D eigenvalue weighted by atomic mass is 10.1. The van der Waals surface area contributed by atoms with Crippen molar-refractivity contribution in [1.82, 2.24) is 5.32 Å². The van der Waals surface area contributed by atoms with Crippen LogP contribution >= 0.6 is 11.6 Å². The fourth-order valence-corrected chi connectivity index (χ4v) is 2.15. The molecule has 1 aromatic rings. The third kappa shape index (κ3) is 4.16. The Morgan fingerprint density at radius 2 is 2.05 bits per heavy atom. The molecule has 0 bridgehead atoms. The molecular formula is C13H12ClF3N2O2. The molecule has 1 aliphatic heterocycles. The van der Waals surface area contributed by atoms with Gasteiger partial charge < -0.3 is 9.47 Å². The van der Waals surface area contributed by atoms with Gasteiger partial charge in [0.2, 0.25) is 0 Å². The van der Waals surface area contributed by atoms with Gasteiger partial charge in [0.05, 0.1) is 30.9 Å². The molecule has 0 aliphatic carbocycles. The highest BCUT2D eigenvalue weighted by Gasteiger charge is 2.29. The average Bonchev–Trinajstić information content (AvgIpc) is 2.64. The lowest BCUT2D eigenvalue weighted by Gasteiger charge is -2.16. The number of hydrogen-bond donors (Lipinski definition) is 1. The molecule has 1 unspecified atom stereocenters. The summed E-state index contributed by atoms with van der Waals surface area (Å²) in [6.45, 7) is -0.405. The molecule has 0 amide bonds. The highest BCUT2D eigenvalue weighted by atomic mass is 35.5. The summed E-state index contributed by atoms with van der Waals surface area (Å²) >= 11 is 6.05. The van der Waals surface area contributed by atoms with Gasteiger partial charge in [-0.05, 0) is 17.7 Å². The van der Waals surface area contributed by atoms with E-state index in [9.17, 15) is 13.2 Å². The zero-order valence-corrected chi connectivity index (χ0v) is 11.6. The molecule has 2 rings (SSSR count). The van der Waals surface area contributed by atoms with Gasteiger partial charge in [-0.15, -0.1) is 0 Å². The number of hydrogen-bond acceptors (Lipinski definition) is 4. The molecule has 1 atom stereocenters. The van der Waals surface area contributed by atoms with Crippen LogP contribution in [0.2, 0.25) is 5.02 Å². The average molecular weight is 321 g/mol. The van der Waals surface area contributed by atoms with Crippen LogP contribution in [0.1, 0.15) is 18.0 Å². The molecule has 1 aromatic carbocycles. The summed E-state index contributed by atoms with van der Waals surface area (Å²) in [5.41, 5.74) is 0.302. The van der Waals surface area contributed by atoms with Crippen molar-refractivity contribution in [1.29, 1.82) is 5.26 Å². The molecule has 0 aromatic heterocycles. The van der Waals surface area contributed by atoms with Crippen molar-refractivity contribution in [2.75, 3.05) is 19.8 Å². The van der Waals surface area contributed by atoms with Crippen LogP contribution in [0.15, 0.2) is 12.1 Å². The van der Waals surface area contributed by atoms with Gasteiger partial charge in [0.15, 0.2) is 11.5 Å². The molecule has 0 spiro atoms. The van der Waals surface area contributed by atoms with Gasteiger partial charge in [-0.1, -0.05) is 11.6 Å². The largest absolute Gasteiger partial charge is 0.489 e. The van der Waals surface area contributed by atoms with Gasteiger partial charge in [0, 0.05) is 6.42 Å². The van der Waals surface area contributed by atoms with Crippen LogP contribution in [0.3, 0.4) is 0 Å². The minimum atomic E-state index is -4.40. The minimum Gasteiger partial charge on any atom is -0.489 e. The quantitative estimate of drug-likeness (QED) is 0.929. The topological polar surface area (TPSA) is 54.3 Å². The van der Waals surface area contributed by atoms with Gasteiger partial charge in [-0.2, -0.15) is 18.4 Å². The van der Waals surface area contributed by atoms with Crippen molar-refractivity contribution >= 4 is 11.6 Å². The number of nitriles is 1. The maximum Gasteiger partial charge on any atom is 0.401 e. The first-order valence-electron chi connectivity index (χ1n) is 6.19. The predicted molar refractivity (Wildman–Crippen MR) is 69.5 cm³/mol. The lowest BCUT2D eigenvalue weighted by Crippen LogP contribution is -2.31. The van der Waals surface area contributed by atoms with Crippen molar-refractivity contribution in [2.45, 2.75) is 18.6 Å². The van der Waals surface area contributed by atoms with Crippen LogP contribution in [0.25, 0.3) is 0 Å². The van der Waals surface area contributed by atoms with E-state index in [2.05, 4.69) is 5.32 Å². The summed E-state index contributed by atoms with van der Waals surface area (Å²) in [6.07, 6.45) is -3.72. The molecule has 21 heavy (non-hydrogen) atoms. The number of nitrogens with one attached hydrogen (secondary N) is 1. The maximum absolute atomic E-state index is 12.2. The fraction of sp³-hybridized carbons (Fsp3) is 0.462. The van der Waals surface area contributed by atoms with Crippen molar-refractivity contribution < 1.29 is 22.6 Å². The zero-order valence-electron chi connectivity index (χ0n) is 10.8. The van der Waals surface area contributed by atoms with Gasteiger partial charge >= 0.3 is 6.18 Å². The molecule has 0 saturated heterocycles. The number of fused-ring (bicyclic) bond motifs is 1. The second-order valence-electron chi connectivity index (χ2n) is 4.44. The fourth-order valence-electron chi connectivity index (χ4n) is 1.87. The molecule has 0 radical (unpaired) electrons. The van der Waals surface area contributed by atoms with Crippen molar-refractivity contribution in [3.8, 4) is 17.6 Å². The highest BCUT2D eigenvalue weighted by Crippen LogP contribution is 2.39. The summed E-state index contributed by atoms with van der Waals surface area (Å²) in [4.78, 5) is 0. The van der Waals surface area contributed by atoms with Crippen LogP contribution in [-0.2, 0) is 0 Å². The van der Waals surface area contributed by atoms with Gasteiger partial charge in [-0.25, -0.2) is 0 Å². The van der Waals surface area contributed by atoms with Crippen molar-refractivity contribution in [2.24, 2.45) is 0 Å². The van der Waals surface area contributed by atoms with Gasteiger partial charge in [0.1, 0.15) is 6.04 Å². The normalized spacial score (nSPS) is 16.0. The van der Waals surface area contributed by atoms with Gasteiger partial charge in [-0.3, -0.25) is 5.32 Å². The summed E-state index contributed by atoms with van der Waals surface area (Å²) in [5, 5.41) is 11.4. The Labute approximate surface area is 124 Å².